The van der Waals surface area contributed by atoms with Gasteiger partial charge in [0.25, 0.3) is 0 Å². The summed E-state index contributed by atoms with van der Waals surface area (Å²) in [4.78, 5) is 2.43. The maximum atomic E-state index is 5.81. The summed E-state index contributed by atoms with van der Waals surface area (Å²) in [6, 6.07) is 6.64. The van der Waals surface area contributed by atoms with Crippen molar-refractivity contribution in [2.45, 2.75) is 18.9 Å². The fourth-order valence-electron chi connectivity index (χ4n) is 4.38. The zero-order chi connectivity index (χ0) is 18.4. The highest BCUT2D eigenvalue weighted by Crippen LogP contribution is 2.53. The maximum Gasteiger partial charge on any atom is 0.168 e. The van der Waals surface area contributed by atoms with Crippen LogP contribution in [0, 0.1) is 0 Å². The van der Waals surface area contributed by atoms with Crippen molar-refractivity contribution in [3.8, 4) is 34.1 Å². The Labute approximate surface area is 166 Å². The lowest BCUT2D eigenvalue weighted by Crippen LogP contribution is -2.35. The summed E-state index contributed by atoms with van der Waals surface area (Å²) in [6.45, 7) is 1.04. The molecule has 0 bridgehead atoms. The van der Waals surface area contributed by atoms with Crippen molar-refractivity contribution in [3.05, 3.63) is 34.9 Å². The molecule has 0 saturated carbocycles. The van der Waals surface area contributed by atoms with Gasteiger partial charge >= 0.3 is 0 Å². The first-order chi connectivity index (χ1) is 12.6. The van der Waals surface area contributed by atoms with Crippen molar-refractivity contribution in [3.63, 3.8) is 0 Å². The largest absolute Gasteiger partial charge is 0.493 e. The Morgan fingerprint density at radius 3 is 2.11 bits per heavy atom. The molecule has 0 aromatic heterocycles. The minimum Gasteiger partial charge on any atom is -0.493 e. The first kappa shape index (κ1) is 19.6. The molecule has 0 N–H and O–H groups in total. The molecule has 6 heteroatoms. The zero-order valence-electron chi connectivity index (χ0n) is 16.4. The van der Waals surface area contributed by atoms with E-state index in [1.807, 2.05) is 0 Å². The molecule has 146 valence electrons. The third-order valence-corrected chi connectivity index (χ3v) is 5.69. The fourth-order valence-corrected chi connectivity index (χ4v) is 4.38. The number of fused-ring (bicyclic) bond motifs is 2. The molecular weight excluding hydrogens is 366 g/mol. The molecule has 0 spiro atoms. The van der Waals surface area contributed by atoms with Gasteiger partial charge in [-0.2, -0.15) is 0 Å². The molecule has 0 radical (unpaired) electrons. The molecule has 1 aliphatic heterocycles. The molecule has 27 heavy (non-hydrogen) atoms. The Balaban J connectivity index is 0.00000210. The first-order valence-electron chi connectivity index (χ1n) is 8.86. The van der Waals surface area contributed by atoms with E-state index in [0.29, 0.717) is 6.04 Å². The minimum absolute atomic E-state index is 0. The molecule has 1 aliphatic carbocycles. The smallest absolute Gasteiger partial charge is 0.168 e. The molecule has 2 aromatic carbocycles. The average Bonchev–Trinajstić information content (AvgIpc) is 2.68. The van der Waals surface area contributed by atoms with E-state index in [0.717, 1.165) is 53.5 Å². The summed E-state index contributed by atoms with van der Waals surface area (Å²) in [5.41, 5.74) is 6.21. The molecule has 4 rings (SSSR count). The standard InChI is InChI=1S/C21H25NO4.ClH/c1-22-7-6-12-9-18(25-4)21(26-5)20-14-11-17(24-3)16(23-2)10-13(14)8-15(22)19(12)20;/h9-11,15H,6-8H2,1-5H3;1H. The predicted molar refractivity (Wildman–Crippen MR) is 108 cm³/mol. The van der Waals surface area contributed by atoms with Crippen LogP contribution in [0.4, 0.5) is 0 Å². The van der Waals surface area contributed by atoms with Gasteiger partial charge in [0.2, 0.25) is 0 Å². The van der Waals surface area contributed by atoms with Crippen LogP contribution >= 0.6 is 12.4 Å². The Bertz CT molecular complexity index is 868. The quantitative estimate of drug-likeness (QED) is 0.790. The molecule has 1 heterocycles. The van der Waals surface area contributed by atoms with Gasteiger partial charge in [-0.3, -0.25) is 4.90 Å². The van der Waals surface area contributed by atoms with Crippen molar-refractivity contribution in [1.82, 2.24) is 4.90 Å². The van der Waals surface area contributed by atoms with Crippen LogP contribution in [0.1, 0.15) is 22.7 Å². The number of hydrogen-bond acceptors (Lipinski definition) is 5. The Hall–Kier alpha value is -2.11. The van der Waals surface area contributed by atoms with E-state index in [-0.39, 0.29) is 12.4 Å². The van der Waals surface area contributed by atoms with Crippen LogP contribution in [0.15, 0.2) is 18.2 Å². The van der Waals surface area contributed by atoms with Gasteiger partial charge in [0, 0.05) is 18.2 Å². The van der Waals surface area contributed by atoms with Gasteiger partial charge in [-0.05, 0) is 60.3 Å². The minimum atomic E-state index is 0. The highest BCUT2D eigenvalue weighted by molar-refractivity contribution is 5.85. The number of benzene rings is 2. The number of rotatable bonds is 4. The van der Waals surface area contributed by atoms with Gasteiger partial charge in [0.05, 0.1) is 28.4 Å². The van der Waals surface area contributed by atoms with Gasteiger partial charge in [-0.1, -0.05) is 0 Å². The number of hydrogen-bond donors (Lipinski definition) is 0. The first-order valence-corrected chi connectivity index (χ1v) is 8.86. The lowest BCUT2D eigenvalue weighted by atomic mass is 9.76. The van der Waals surface area contributed by atoms with Crippen LogP contribution in [0.5, 0.6) is 23.0 Å². The average molecular weight is 392 g/mol. The van der Waals surface area contributed by atoms with Gasteiger partial charge < -0.3 is 18.9 Å². The monoisotopic (exact) mass is 391 g/mol. The molecule has 0 fully saturated rings. The number of likely N-dealkylation sites (N-methyl/N-ethyl adjacent to an activating group) is 1. The van der Waals surface area contributed by atoms with Crippen LogP contribution in [0.3, 0.4) is 0 Å². The van der Waals surface area contributed by atoms with E-state index in [2.05, 4.69) is 30.1 Å². The van der Waals surface area contributed by atoms with Crippen molar-refractivity contribution in [2.75, 3.05) is 42.0 Å². The van der Waals surface area contributed by atoms with Crippen LogP contribution in [-0.4, -0.2) is 46.9 Å². The number of methoxy groups -OCH3 is 4. The lowest BCUT2D eigenvalue weighted by Gasteiger charge is -2.40. The summed E-state index contributed by atoms with van der Waals surface area (Å²) >= 11 is 0. The lowest BCUT2D eigenvalue weighted by molar-refractivity contribution is 0.226. The zero-order valence-corrected chi connectivity index (χ0v) is 17.2. The predicted octanol–water partition coefficient (Wildman–Crippen LogP) is 3.89. The van der Waals surface area contributed by atoms with E-state index in [4.69, 9.17) is 18.9 Å². The highest BCUT2D eigenvalue weighted by Gasteiger charge is 2.36. The normalized spacial score (nSPS) is 17.3. The Morgan fingerprint density at radius 2 is 1.48 bits per heavy atom. The van der Waals surface area contributed by atoms with Crippen LogP contribution < -0.4 is 18.9 Å². The van der Waals surface area contributed by atoms with Crippen LogP contribution in [-0.2, 0) is 12.8 Å². The Morgan fingerprint density at radius 1 is 0.852 bits per heavy atom. The molecule has 1 atom stereocenters. The van der Waals surface area contributed by atoms with E-state index < -0.39 is 0 Å². The second-order valence-corrected chi connectivity index (χ2v) is 6.87. The number of halogens is 1. The molecular formula is C21H26ClNO4. The third-order valence-electron chi connectivity index (χ3n) is 5.69. The summed E-state index contributed by atoms with van der Waals surface area (Å²) in [7, 11) is 8.94. The van der Waals surface area contributed by atoms with Gasteiger partial charge in [-0.15, -0.1) is 12.4 Å². The Kier molecular flexibility index (Phi) is 5.45. The van der Waals surface area contributed by atoms with Crippen LogP contribution in [0.2, 0.25) is 0 Å². The highest BCUT2D eigenvalue weighted by atomic mass is 35.5. The van der Waals surface area contributed by atoms with Crippen molar-refractivity contribution >= 4 is 12.4 Å². The SMILES string of the molecule is COc1cc2c(cc1OC)-c1c(OC)c(OC)cc3c1C(C2)N(C)CC3.Cl. The van der Waals surface area contributed by atoms with Crippen molar-refractivity contribution in [1.29, 1.82) is 0 Å². The number of ether oxygens (including phenoxy) is 4. The van der Waals surface area contributed by atoms with Gasteiger partial charge in [-0.25, -0.2) is 0 Å². The summed E-state index contributed by atoms with van der Waals surface area (Å²) in [5.74, 6) is 3.06. The third kappa shape index (κ3) is 2.89. The van der Waals surface area contributed by atoms with Crippen LogP contribution in [0.25, 0.3) is 11.1 Å². The van der Waals surface area contributed by atoms with E-state index in [1.165, 1.54) is 16.7 Å². The second kappa shape index (κ2) is 7.49. The summed E-state index contributed by atoms with van der Waals surface area (Å²) < 4.78 is 22.6. The van der Waals surface area contributed by atoms with Gasteiger partial charge in [0.1, 0.15) is 0 Å². The molecule has 0 saturated heterocycles. The van der Waals surface area contributed by atoms with E-state index >= 15 is 0 Å². The molecule has 0 amide bonds. The maximum absolute atomic E-state index is 5.81. The fraction of sp³-hybridized carbons (Fsp3) is 0.429. The molecule has 5 nitrogen and oxygen atoms in total. The van der Waals surface area contributed by atoms with E-state index in [9.17, 15) is 0 Å². The molecule has 1 unspecified atom stereocenters. The molecule has 2 aliphatic rings. The van der Waals surface area contributed by atoms with Gasteiger partial charge in [0.15, 0.2) is 23.0 Å². The topological polar surface area (TPSA) is 40.2 Å². The van der Waals surface area contributed by atoms with E-state index in [1.54, 1.807) is 28.4 Å². The summed E-state index contributed by atoms with van der Waals surface area (Å²) in [5, 5.41) is 0. The second-order valence-electron chi connectivity index (χ2n) is 6.87. The number of nitrogens with zero attached hydrogens (tertiary/aromatic N) is 1. The van der Waals surface area contributed by atoms with Crippen molar-refractivity contribution < 1.29 is 18.9 Å². The van der Waals surface area contributed by atoms with Crippen molar-refractivity contribution in [2.24, 2.45) is 0 Å². The summed E-state index contributed by atoms with van der Waals surface area (Å²) in [6.07, 6.45) is 1.96. The molecule has 2 aromatic rings.